The van der Waals surface area contributed by atoms with Crippen LogP contribution < -0.4 is 9.64 Å². The van der Waals surface area contributed by atoms with E-state index in [2.05, 4.69) is 25.9 Å². The van der Waals surface area contributed by atoms with E-state index in [0.717, 1.165) is 28.1 Å². The number of nitriles is 1. The van der Waals surface area contributed by atoms with E-state index in [1.54, 1.807) is 32.7 Å². The van der Waals surface area contributed by atoms with Crippen LogP contribution in [0.4, 0.5) is 32.2 Å². The van der Waals surface area contributed by atoms with Crippen LogP contribution in [0, 0.1) is 11.3 Å². The summed E-state index contributed by atoms with van der Waals surface area (Å²) in [4.78, 5) is 30.1. The van der Waals surface area contributed by atoms with Crippen LogP contribution in [0.5, 0.6) is 5.75 Å². The first-order valence-corrected chi connectivity index (χ1v) is 14.5. The van der Waals surface area contributed by atoms with Gasteiger partial charge in [-0.05, 0) is 35.9 Å². The molecule has 0 atom stereocenters. The van der Waals surface area contributed by atoms with Crippen LogP contribution in [0.2, 0.25) is 0 Å². The third kappa shape index (κ3) is 8.71. The first-order chi connectivity index (χ1) is 23.2. The molecule has 1 aliphatic rings. The third-order valence-corrected chi connectivity index (χ3v) is 7.43. The molecule has 17 heteroatoms. The molecule has 1 fully saturated rings. The number of amides is 1. The van der Waals surface area contributed by atoms with Gasteiger partial charge in [0.25, 0.3) is 0 Å². The van der Waals surface area contributed by atoms with E-state index in [0.29, 0.717) is 42.8 Å². The van der Waals surface area contributed by atoms with Gasteiger partial charge in [-0.1, -0.05) is 12.1 Å². The van der Waals surface area contributed by atoms with Crippen molar-refractivity contribution >= 4 is 23.5 Å². The molecule has 0 saturated carbocycles. The first kappa shape index (κ1) is 34.4. The van der Waals surface area contributed by atoms with E-state index in [1.807, 2.05) is 37.6 Å². The van der Waals surface area contributed by atoms with Crippen molar-refractivity contribution in [2.75, 3.05) is 31.1 Å². The Labute approximate surface area is 274 Å². The molecule has 0 spiro atoms. The molecule has 11 nitrogen and oxygen atoms in total. The summed E-state index contributed by atoms with van der Waals surface area (Å²) in [6.07, 6.45) is -1.50. The van der Waals surface area contributed by atoms with Gasteiger partial charge in [-0.3, -0.25) is 14.3 Å². The maximum atomic E-state index is 12.8. The molecular formula is C32H26F6N8O3. The van der Waals surface area contributed by atoms with Crippen LogP contribution in [-0.2, 0) is 23.1 Å². The highest BCUT2D eigenvalue weighted by Crippen LogP contribution is 2.32. The predicted molar refractivity (Wildman–Crippen MR) is 163 cm³/mol. The average molecular weight is 685 g/mol. The summed E-state index contributed by atoms with van der Waals surface area (Å²) in [6, 6.07) is 13.4. The normalized spacial score (nSPS) is 13.4. The topological polar surface area (TPSA) is 122 Å². The number of ether oxygens (including phenoxy) is 1. The second-order valence-corrected chi connectivity index (χ2v) is 10.8. The number of anilines is 1. The minimum absolute atomic E-state index is 0.0884. The van der Waals surface area contributed by atoms with E-state index in [4.69, 9.17) is 9.78 Å². The number of hydrogen-bond donors (Lipinski definition) is 0. The highest BCUT2D eigenvalue weighted by atomic mass is 19.4. The van der Waals surface area contributed by atoms with E-state index in [9.17, 15) is 36.4 Å². The second-order valence-electron chi connectivity index (χ2n) is 10.8. The highest BCUT2D eigenvalue weighted by molar-refractivity contribution is 5.87. The van der Waals surface area contributed by atoms with Crippen molar-refractivity contribution in [2.45, 2.75) is 19.0 Å². The Morgan fingerprint density at radius 2 is 1.61 bits per heavy atom. The number of nitrogens with zero attached hydrogens (tertiary/aromatic N) is 8. The van der Waals surface area contributed by atoms with Crippen LogP contribution in [0.15, 0.2) is 73.4 Å². The zero-order chi connectivity index (χ0) is 35.3. The molecule has 0 unspecified atom stereocenters. The monoisotopic (exact) mass is 684 g/mol. The SMILES string of the molecule is Cn1cc(-c2cc(-c3ccc(N4CCN(C(=O)Cc5ccc(OC(F)(F)F)cc5)CC4)nc3)c3c(C#N)cnn3c2)cn1.O=CC(F)(F)F. The van der Waals surface area contributed by atoms with Crippen molar-refractivity contribution in [2.24, 2.45) is 7.05 Å². The van der Waals surface area contributed by atoms with Crippen molar-refractivity contribution in [3.05, 3.63) is 84.6 Å². The Bertz CT molecular complexity index is 1970. The molecule has 0 N–H and O–H groups in total. The Hall–Kier alpha value is -5.92. The molecule has 1 aliphatic heterocycles. The quantitative estimate of drug-likeness (QED) is 0.177. The van der Waals surface area contributed by atoms with Gasteiger partial charge in [0.1, 0.15) is 17.6 Å². The molecule has 1 aromatic carbocycles. The Kier molecular flexibility index (Phi) is 9.87. The van der Waals surface area contributed by atoms with Gasteiger partial charge in [-0.25, -0.2) is 9.50 Å². The van der Waals surface area contributed by atoms with Crippen LogP contribution in [0.1, 0.15) is 11.1 Å². The number of rotatable bonds is 6. The lowest BCUT2D eigenvalue weighted by atomic mass is 10.0. The summed E-state index contributed by atoms with van der Waals surface area (Å²) >= 11 is 0. The summed E-state index contributed by atoms with van der Waals surface area (Å²) in [6.45, 7) is 2.15. The summed E-state index contributed by atoms with van der Waals surface area (Å²) in [7, 11) is 1.85. The number of piperazine rings is 1. The number of carbonyl (C=O) groups is 2. The first-order valence-electron chi connectivity index (χ1n) is 14.5. The minimum atomic E-state index is -4.76. The smallest absolute Gasteiger partial charge is 0.406 e. The van der Waals surface area contributed by atoms with E-state index < -0.39 is 18.8 Å². The predicted octanol–water partition coefficient (Wildman–Crippen LogP) is 5.21. The summed E-state index contributed by atoms with van der Waals surface area (Å²) < 4.78 is 75.7. The lowest BCUT2D eigenvalue weighted by Gasteiger charge is -2.35. The average Bonchev–Trinajstić information content (AvgIpc) is 3.70. The second kappa shape index (κ2) is 14.1. The fourth-order valence-corrected chi connectivity index (χ4v) is 5.16. The van der Waals surface area contributed by atoms with Crippen molar-refractivity contribution in [1.82, 2.24) is 29.3 Å². The number of hydrogen-bond acceptors (Lipinski definition) is 8. The van der Waals surface area contributed by atoms with Crippen molar-refractivity contribution in [1.29, 1.82) is 5.26 Å². The number of alkyl halides is 6. The molecule has 0 radical (unpaired) electrons. The van der Waals surface area contributed by atoms with Gasteiger partial charge in [0.05, 0.1) is 29.9 Å². The molecular weight excluding hydrogens is 658 g/mol. The van der Waals surface area contributed by atoms with Crippen LogP contribution in [0.25, 0.3) is 27.8 Å². The number of carbonyl (C=O) groups excluding carboxylic acids is 2. The molecule has 4 aromatic heterocycles. The van der Waals surface area contributed by atoms with Gasteiger partial charge in [0, 0.05) is 74.1 Å². The third-order valence-electron chi connectivity index (χ3n) is 7.43. The van der Waals surface area contributed by atoms with E-state index in [-0.39, 0.29) is 18.1 Å². The molecule has 1 amide bonds. The number of pyridine rings is 2. The number of halogens is 6. The van der Waals surface area contributed by atoms with Crippen LogP contribution >= 0.6 is 0 Å². The summed E-state index contributed by atoms with van der Waals surface area (Å²) in [5.41, 5.74) is 5.24. The number of benzene rings is 1. The van der Waals surface area contributed by atoms with Gasteiger partial charge >= 0.3 is 12.5 Å². The molecule has 1 saturated heterocycles. The lowest BCUT2D eigenvalue weighted by Crippen LogP contribution is -2.49. The molecule has 49 heavy (non-hydrogen) atoms. The zero-order valence-electron chi connectivity index (χ0n) is 25.6. The van der Waals surface area contributed by atoms with Gasteiger partial charge < -0.3 is 14.5 Å². The standard InChI is InChI=1S/C30H25F3N8O2.C2HF3O/c1-38-18-24(17-36-38)22-13-26(29-23(14-34)16-37-41(29)19-22)21-4-7-27(35-15-21)39-8-10-40(11-9-39)28(42)12-20-2-5-25(6-3-20)43-30(31,32)33;3-2(4,5)1-6/h2-7,13,15-19H,8-12H2,1H3;1H. The fourth-order valence-electron chi connectivity index (χ4n) is 5.16. The van der Waals surface area contributed by atoms with Gasteiger partial charge in [-0.15, -0.1) is 13.2 Å². The van der Waals surface area contributed by atoms with Crippen molar-refractivity contribution < 1.29 is 40.7 Å². The Balaban J connectivity index is 0.000000717. The zero-order valence-corrected chi connectivity index (χ0v) is 25.6. The molecule has 0 bridgehead atoms. The van der Waals surface area contributed by atoms with Gasteiger partial charge in [-0.2, -0.15) is 28.6 Å². The maximum absolute atomic E-state index is 12.8. The number of aryl methyl sites for hydroxylation is 1. The number of aldehydes is 1. The summed E-state index contributed by atoms with van der Waals surface area (Å²) in [5.74, 6) is 0.348. The van der Waals surface area contributed by atoms with Crippen LogP contribution in [-0.4, -0.2) is 80.2 Å². The highest BCUT2D eigenvalue weighted by Gasteiger charge is 2.31. The van der Waals surface area contributed by atoms with Crippen LogP contribution in [0.3, 0.4) is 0 Å². The van der Waals surface area contributed by atoms with E-state index in [1.165, 1.54) is 24.3 Å². The minimum Gasteiger partial charge on any atom is -0.406 e. The number of fused-ring (bicyclic) bond motifs is 1. The van der Waals surface area contributed by atoms with Crippen molar-refractivity contribution in [3.63, 3.8) is 0 Å². The summed E-state index contributed by atoms with van der Waals surface area (Å²) in [5, 5.41) is 18.3. The van der Waals surface area contributed by atoms with Crippen molar-refractivity contribution in [3.8, 4) is 34.1 Å². The van der Waals surface area contributed by atoms with Gasteiger partial charge in [0.15, 0.2) is 0 Å². The molecule has 6 rings (SSSR count). The number of aromatic nitrogens is 5. The Morgan fingerprint density at radius 3 is 2.16 bits per heavy atom. The van der Waals surface area contributed by atoms with Gasteiger partial charge in [0.2, 0.25) is 12.2 Å². The molecule has 0 aliphatic carbocycles. The Morgan fingerprint density at radius 1 is 0.918 bits per heavy atom. The van der Waals surface area contributed by atoms with E-state index >= 15 is 0 Å². The maximum Gasteiger partial charge on any atom is 0.573 e. The molecule has 5 aromatic rings. The fraction of sp³-hybridized carbons (Fsp3) is 0.250. The largest absolute Gasteiger partial charge is 0.573 e. The molecule has 254 valence electrons. The molecule has 5 heterocycles. The lowest BCUT2D eigenvalue weighted by molar-refractivity contribution is -0.274.